The number of likely N-dealkylation sites (tertiary alicyclic amines) is 1. The smallest absolute Gasteiger partial charge is 0.261 e. The van der Waals surface area contributed by atoms with Gasteiger partial charge in [-0.1, -0.05) is 12.1 Å². The Balaban J connectivity index is 1.20. The van der Waals surface area contributed by atoms with Crippen LogP contribution in [-0.4, -0.2) is 86.1 Å². The van der Waals surface area contributed by atoms with Crippen molar-refractivity contribution in [3.63, 3.8) is 0 Å². The molecule has 1 fully saturated rings. The number of para-hydroxylation sites is 1. The molecule has 5 heterocycles. The number of pyridine rings is 2. The number of fused-ring (bicyclic) bond motifs is 2. The Kier molecular flexibility index (Phi) is 7.46. The molecule has 6 aromatic rings. The number of H-pyrrole nitrogens is 2. The van der Waals surface area contributed by atoms with Gasteiger partial charge in [-0.05, 0) is 61.6 Å². The van der Waals surface area contributed by atoms with Crippen LogP contribution in [0.4, 0.5) is 18.9 Å². The van der Waals surface area contributed by atoms with Gasteiger partial charge < -0.3 is 15.2 Å². The lowest BCUT2D eigenvalue weighted by Crippen LogP contribution is -2.24. The molecule has 9 nitrogen and oxygen atoms in total. The second-order valence-corrected chi connectivity index (χ2v) is 11.8. The molecule has 45 heavy (non-hydrogen) atoms. The van der Waals surface area contributed by atoms with Crippen LogP contribution in [0.25, 0.3) is 55.8 Å². The van der Waals surface area contributed by atoms with Crippen molar-refractivity contribution in [2.75, 3.05) is 45.6 Å². The van der Waals surface area contributed by atoms with Crippen molar-refractivity contribution >= 4 is 27.8 Å². The zero-order valence-corrected chi connectivity index (χ0v) is 24.9. The number of halogens is 3. The first kappa shape index (κ1) is 28.9. The van der Waals surface area contributed by atoms with Crippen LogP contribution in [0, 0.1) is 5.82 Å². The topological polar surface area (TPSA) is 102 Å². The van der Waals surface area contributed by atoms with E-state index in [4.69, 9.17) is 4.98 Å². The van der Waals surface area contributed by atoms with E-state index < -0.39 is 5.92 Å². The highest BCUT2D eigenvalue weighted by atomic mass is 19.3. The number of nitrogens with zero attached hydrogens (tertiary/aromatic N) is 6. The number of aromatic nitrogens is 6. The Hall–Kier alpha value is -4.81. The SMILES string of the molecule is CN(C)CCNc1cc(F)cc(-c2cccc3[nH]c(-c4n[nH]c5ncc(-c6cncc(CN7CCC(F)(F)C7)c6)cc45)nc23)c1. The number of hydrogen-bond donors (Lipinski definition) is 3. The summed E-state index contributed by atoms with van der Waals surface area (Å²) < 4.78 is 42.1. The fourth-order valence-corrected chi connectivity index (χ4v) is 5.82. The number of aromatic amines is 2. The van der Waals surface area contributed by atoms with Gasteiger partial charge in [-0.3, -0.25) is 15.0 Å². The Morgan fingerprint density at radius 2 is 1.89 bits per heavy atom. The molecular formula is C33H32F3N9. The van der Waals surface area contributed by atoms with Crippen LogP contribution in [0.1, 0.15) is 12.0 Å². The predicted molar refractivity (Wildman–Crippen MR) is 169 cm³/mol. The predicted octanol–water partition coefficient (Wildman–Crippen LogP) is 6.18. The van der Waals surface area contributed by atoms with E-state index in [-0.39, 0.29) is 18.8 Å². The van der Waals surface area contributed by atoms with Gasteiger partial charge in [-0.2, -0.15) is 5.10 Å². The minimum absolute atomic E-state index is 0.120. The normalized spacial score (nSPS) is 15.1. The zero-order chi connectivity index (χ0) is 31.1. The maximum atomic E-state index is 14.7. The molecule has 0 amide bonds. The third-order valence-corrected chi connectivity index (χ3v) is 8.03. The standard InChI is InChI=1S/C33H32F3N9/c1-44(2)9-7-38-25-12-21(11-24(34)14-25)26-4-3-5-28-29(26)41-32(40-28)30-27-13-23(17-39-31(27)43-42-30)22-10-20(15-37-16-22)18-45-8-6-33(35,36)19-45/h3-5,10-17,38H,6-9,18-19H2,1-2H3,(H,40,41)(H,39,42,43). The second kappa shape index (κ2) is 11.6. The maximum absolute atomic E-state index is 14.7. The zero-order valence-electron chi connectivity index (χ0n) is 24.9. The van der Waals surface area contributed by atoms with Crippen LogP contribution in [0.15, 0.2) is 67.1 Å². The van der Waals surface area contributed by atoms with Crippen LogP contribution in [0.5, 0.6) is 0 Å². The molecule has 0 spiro atoms. The minimum atomic E-state index is -2.64. The number of anilines is 1. The van der Waals surface area contributed by atoms with Gasteiger partial charge in [-0.25, -0.2) is 23.1 Å². The van der Waals surface area contributed by atoms with Gasteiger partial charge in [-0.15, -0.1) is 0 Å². The van der Waals surface area contributed by atoms with Gasteiger partial charge in [0.2, 0.25) is 0 Å². The molecule has 0 radical (unpaired) electrons. The van der Waals surface area contributed by atoms with Crippen LogP contribution in [0.2, 0.25) is 0 Å². The van der Waals surface area contributed by atoms with E-state index >= 15 is 0 Å². The number of likely N-dealkylation sites (N-methyl/N-ethyl adjacent to an activating group) is 1. The van der Waals surface area contributed by atoms with Gasteiger partial charge in [0.25, 0.3) is 5.92 Å². The third kappa shape index (κ3) is 6.11. The van der Waals surface area contributed by atoms with E-state index in [1.165, 1.54) is 12.1 Å². The average Bonchev–Trinajstić information content (AvgIpc) is 3.72. The molecule has 7 rings (SSSR count). The van der Waals surface area contributed by atoms with Crippen molar-refractivity contribution in [1.29, 1.82) is 0 Å². The summed E-state index contributed by atoms with van der Waals surface area (Å²) in [5, 5.41) is 11.6. The summed E-state index contributed by atoms with van der Waals surface area (Å²) in [6, 6.07) is 14.6. The first-order chi connectivity index (χ1) is 21.7. The van der Waals surface area contributed by atoms with E-state index in [0.717, 1.165) is 39.7 Å². The highest BCUT2D eigenvalue weighted by molar-refractivity contribution is 5.97. The molecule has 0 unspecified atom stereocenters. The second-order valence-electron chi connectivity index (χ2n) is 11.8. The van der Waals surface area contributed by atoms with Crippen LogP contribution >= 0.6 is 0 Å². The summed E-state index contributed by atoms with van der Waals surface area (Å²) in [4.78, 5) is 21.1. The van der Waals surface area contributed by atoms with E-state index in [9.17, 15) is 13.2 Å². The third-order valence-electron chi connectivity index (χ3n) is 8.03. The lowest BCUT2D eigenvalue weighted by atomic mass is 10.0. The molecule has 3 N–H and O–H groups in total. The van der Waals surface area contributed by atoms with Crippen molar-refractivity contribution in [1.82, 2.24) is 39.9 Å². The largest absolute Gasteiger partial charge is 0.384 e. The number of hydrogen-bond acceptors (Lipinski definition) is 7. The molecule has 1 aliphatic rings. The fraction of sp³-hybridized carbons (Fsp3) is 0.273. The van der Waals surface area contributed by atoms with Crippen molar-refractivity contribution < 1.29 is 13.2 Å². The summed E-state index contributed by atoms with van der Waals surface area (Å²) in [5.74, 6) is -2.43. The molecule has 1 saturated heterocycles. The molecule has 0 atom stereocenters. The van der Waals surface area contributed by atoms with Crippen LogP contribution in [-0.2, 0) is 6.54 Å². The average molecular weight is 612 g/mol. The van der Waals surface area contributed by atoms with Crippen molar-refractivity contribution in [2.24, 2.45) is 0 Å². The van der Waals surface area contributed by atoms with Crippen LogP contribution < -0.4 is 5.32 Å². The Morgan fingerprint density at radius 1 is 1.02 bits per heavy atom. The first-order valence-electron chi connectivity index (χ1n) is 14.8. The van der Waals surface area contributed by atoms with Gasteiger partial charge in [0.1, 0.15) is 11.5 Å². The van der Waals surface area contributed by atoms with E-state index in [0.29, 0.717) is 53.6 Å². The summed E-state index contributed by atoms with van der Waals surface area (Å²) >= 11 is 0. The lowest BCUT2D eigenvalue weighted by molar-refractivity contribution is 0.0115. The quantitative estimate of drug-likeness (QED) is 0.179. The van der Waals surface area contributed by atoms with E-state index in [2.05, 4.69) is 35.4 Å². The molecule has 0 bridgehead atoms. The van der Waals surface area contributed by atoms with Gasteiger partial charge >= 0.3 is 0 Å². The number of rotatable bonds is 9. The van der Waals surface area contributed by atoms with Crippen LogP contribution in [0.3, 0.4) is 0 Å². The monoisotopic (exact) mass is 611 g/mol. The highest BCUT2D eigenvalue weighted by Crippen LogP contribution is 2.34. The highest BCUT2D eigenvalue weighted by Gasteiger charge is 2.37. The van der Waals surface area contributed by atoms with Crippen molar-refractivity contribution in [2.45, 2.75) is 18.9 Å². The molecule has 2 aromatic carbocycles. The summed E-state index contributed by atoms with van der Waals surface area (Å²) in [6.07, 6.45) is 5.06. The Morgan fingerprint density at radius 3 is 2.71 bits per heavy atom. The molecule has 12 heteroatoms. The summed E-state index contributed by atoms with van der Waals surface area (Å²) in [6.45, 7) is 2.03. The molecule has 230 valence electrons. The van der Waals surface area contributed by atoms with E-state index in [1.54, 1.807) is 23.5 Å². The number of imidazole rings is 1. The van der Waals surface area contributed by atoms with Gasteiger partial charge in [0.15, 0.2) is 11.5 Å². The van der Waals surface area contributed by atoms with E-state index in [1.807, 2.05) is 50.5 Å². The number of alkyl halides is 2. The Bertz CT molecular complexity index is 2000. The number of nitrogens with one attached hydrogen (secondary N) is 3. The maximum Gasteiger partial charge on any atom is 0.261 e. The first-order valence-corrected chi connectivity index (χ1v) is 14.8. The Labute approximate surface area is 257 Å². The van der Waals surface area contributed by atoms with Crippen molar-refractivity contribution in [3.8, 4) is 33.8 Å². The fourth-order valence-electron chi connectivity index (χ4n) is 5.82. The summed E-state index contributed by atoms with van der Waals surface area (Å²) in [7, 11) is 3.99. The molecular weight excluding hydrogens is 579 g/mol. The van der Waals surface area contributed by atoms with Gasteiger partial charge in [0.05, 0.1) is 23.0 Å². The molecule has 0 saturated carbocycles. The summed E-state index contributed by atoms with van der Waals surface area (Å²) in [5.41, 5.74) is 7.39. The molecule has 4 aromatic heterocycles. The number of benzene rings is 2. The van der Waals surface area contributed by atoms with Crippen molar-refractivity contribution in [3.05, 3.63) is 78.5 Å². The molecule has 1 aliphatic heterocycles. The minimum Gasteiger partial charge on any atom is -0.384 e. The molecule has 0 aliphatic carbocycles. The lowest BCUT2D eigenvalue weighted by Gasteiger charge is -2.15. The van der Waals surface area contributed by atoms with Gasteiger partial charge in [0, 0.05) is 73.6 Å².